The molecule has 1 rings (SSSR count). The summed E-state index contributed by atoms with van der Waals surface area (Å²) in [7, 11) is 3.33. The highest BCUT2D eigenvalue weighted by molar-refractivity contribution is 5.43. The van der Waals surface area contributed by atoms with E-state index in [2.05, 4.69) is 26.0 Å². The predicted molar refractivity (Wildman–Crippen MR) is 75.5 cm³/mol. The molecule has 0 aliphatic rings. The van der Waals surface area contributed by atoms with E-state index in [0.717, 1.165) is 30.8 Å². The van der Waals surface area contributed by atoms with Gasteiger partial charge in [-0.25, -0.2) is 0 Å². The fraction of sp³-hybridized carbons (Fsp3) is 0.600. The number of rotatable bonds is 7. The lowest BCUT2D eigenvalue weighted by atomic mass is 9.90. The summed E-state index contributed by atoms with van der Waals surface area (Å²) in [6, 6.07) is 6.44. The number of nitrogens with two attached hydrogens (primary N) is 1. The number of benzene rings is 1. The Morgan fingerprint density at radius 2 is 1.78 bits per heavy atom. The summed E-state index contributed by atoms with van der Waals surface area (Å²) in [5.74, 6) is 2.12. The average molecular weight is 251 g/mol. The van der Waals surface area contributed by atoms with Crippen molar-refractivity contribution in [1.29, 1.82) is 0 Å². The molecule has 0 radical (unpaired) electrons. The molecule has 0 aliphatic heterocycles. The molecule has 1 aromatic carbocycles. The van der Waals surface area contributed by atoms with Gasteiger partial charge in [0.25, 0.3) is 0 Å². The molecule has 2 atom stereocenters. The lowest BCUT2D eigenvalue weighted by molar-refractivity contribution is 0.354. The Labute approximate surface area is 110 Å². The third-order valence-electron chi connectivity index (χ3n) is 3.34. The maximum absolute atomic E-state index is 5.83. The fourth-order valence-corrected chi connectivity index (χ4v) is 2.18. The summed E-state index contributed by atoms with van der Waals surface area (Å²) < 4.78 is 10.6. The van der Waals surface area contributed by atoms with Gasteiger partial charge in [0.15, 0.2) is 11.5 Å². The summed E-state index contributed by atoms with van der Waals surface area (Å²) in [6.07, 6.45) is 3.28. The van der Waals surface area contributed by atoms with E-state index in [4.69, 9.17) is 15.2 Å². The Kier molecular flexibility index (Phi) is 5.99. The predicted octanol–water partition coefficient (Wildman–Crippen LogP) is 3.32. The van der Waals surface area contributed by atoms with E-state index in [1.54, 1.807) is 14.2 Å². The van der Waals surface area contributed by atoms with Gasteiger partial charge in [-0.2, -0.15) is 0 Å². The summed E-state index contributed by atoms with van der Waals surface area (Å²) in [6.45, 7) is 4.27. The van der Waals surface area contributed by atoms with Crippen LogP contribution in [0.3, 0.4) is 0 Å². The highest BCUT2D eigenvalue weighted by atomic mass is 16.5. The van der Waals surface area contributed by atoms with Crippen LogP contribution in [-0.4, -0.2) is 20.3 Å². The molecule has 0 aliphatic carbocycles. The van der Waals surface area contributed by atoms with Crippen molar-refractivity contribution in [2.75, 3.05) is 14.2 Å². The molecule has 0 aromatic heterocycles. The molecule has 0 amide bonds. The maximum Gasteiger partial charge on any atom is 0.160 e. The fourth-order valence-electron chi connectivity index (χ4n) is 2.18. The van der Waals surface area contributed by atoms with Crippen molar-refractivity contribution >= 4 is 0 Å². The van der Waals surface area contributed by atoms with E-state index >= 15 is 0 Å². The average Bonchev–Trinajstić information content (AvgIpc) is 2.38. The minimum Gasteiger partial charge on any atom is -0.493 e. The molecule has 0 saturated carbocycles. The highest BCUT2D eigenvalue weighted by Gasteiger charge is 2.13. The minimum atomic E-state index is 0.263. The first-order chi connectivity index (χ1) is 8.62. The van der Waals surface area contributed by atoms with Crippen molar-refractivity contribution in [3.05, 3.63) is 23.8 Å². The second kappa shape index (κ2) is 7.27. The molecule has 2 unspecified atom stereocenters. The maximum atomic E-state index is 5.83. The van der Waals surface area contributed by atoms with Gasteiger partial charge >= 0.3 is 0 Å². The van der Waals surface area contributed by atoms with Gasteiger partial charge in [-0.15, -0.1) is 0 Å². The molecule has 1 aromatic rings. The number of hydrogen-bond donors (Lipinski definition) is 1. The molecule has 3 nitrogen and oxygen atoms in total. The monoisotopic (exact) mass is 251 g/mol. The minimum absolute atomic E-state index is 0.263. The third kappa shape index (κ3) is 3.91. The lowest BCUT2D eigenvalue weighted by Crippen LogP contribution is -2.15. The molecule has 18 heavy (non-hydrogen) atoms. The Balaban J connectivity index is 2.85. The molecule has 0 bridgehead atoms. The Hall–Kier alpha value is -1.22. The summed E-state index contributed by atoms with van der Waals surface area (Å²) >= 11 is 0. The smallest absolute Gasteiger partial charge is 0.160 e. The van der Waals surface area contributed by atoms with Gasteiger partial charge in [0.05, 0.1) is 14.2 Å². The first kappa shape index (κ1) is 14.8. The Morgan fingerprint density at radius 1 is 1.11 bits per heavy atom. The van der Waals surface area contributed by atoms with Gasteiger partial charge in [0.1, 0.15) is 0 Å². The van der Waals surface area contributed by atoms with Crippen LogP contribution in [0.2, 0.25) is 0 Å². The quantitative estimate of drug-likeness (QED) is 0.808. The van der Waals surface area contributed by atoms with E-state index in [9.17, 15) is 0 Å². The van der Waals surface area contributed by atoms with Crippen molar-refractivity contribution in [2.45, 2.75) is 45.1 Å². The van der Waals surface area contributed by atoms with Crippen LogP contribution in [0.15, 0.2) is 18.2 Å². The lowest BCUT2D eigenvalue weighted by Gasteiger charge is -2.18. The van der Waals surface area contributed by atoms with Gasteiger partial charge in [-0.3, -0.25) is 0 Å². The molecular weight excluding hydrogens is 226 g/mol. The van der Waals surface area contributed by atoms with E-state index in [0.29, 0.717) is 5.92 Å². The normalized spacial score (nSPS) is 14.1. The molecule has 3 heteroatoms. The first-order valence-electron chi connectivity index (χ1n) is 6.59. The zero-order valence-corrected chi connectivity index (χ0v) is 11.9. The Morgan fingerprint density at radius 3 is 2.28 bits per heavy atom. The third-order valence-corrected chi connectivity index (χ3v) is 3.34. The summed E-state index contributed by atoms with van der Waals surface area (Å²) in [4.78, 5) is 0. The number of hydrogen-bond acceptors (Lipinski definition) is 3. The second-order valence-corrected chi connectivity index (χ2v) is 4.77. The van der Waals surface area contributed by atoms with Crippen molar-refractivity contribution in [3.63, 3.8) is 0 Å². The van der Waals surface area contributed by atoms with Gasteiger partial charge in [0, 0.05) is 6.04 Å². The second-order valence-electron chi connectivity index (χ2n) is 4.77. The topological polar surface area (TPSA) is 44.5 Å². The van der Waals surface area contributed by atoms with Crippen LogP contribution < -0.4 is 15.2 Å². The number of ether oxygens (including phenoxy) is 2. The van der Waals surface area contributed by atoms with Crippen LogP contribution in [0, 0.1) is 0 Å². The van der Waals surface area contributed by atoms with Gasteiger partial charge in [-0.1, -0.05) is 13.0 Å². The van der Waals surface area contributed by atoms with E-state index in [1.807, 2.05) is 6.07 Å². The van der Waals surface area contributed by atoms with Crippen LogP contribution >= 0.6 is 0 Å². The molecule has 102 valence electrons. The molecule has 0 heterocycles. The van der Waals surface area contributed by atoms with Gasteiger partial charge < -0.3 is 15.2 Å². The van der Waals surface area contributed by atoms with E-state index in [-0.39, 0.29) is 6.04 Å². The summed E-state index contributed by atoms with van der Waals surface area (Å²) in [5, 5.41) is 0. The first-order valence-corrected chi connectivity index (χ1v) is 6.59. The van der Waals surface area contributed by atoms with Crippen molar-refractivity contribution in [1.82, 2.24) is 0 Å². The van der Waals surface area contributed by atoms with Crippen LogP contribution in [-0.2, 0) is 0 Å². The van der Waals surface area contributed by atoms with Crippen molar-refractivity contribution < 1.29 is 9.47 Å². The largest absolute Gasteiger partial charge is 0.493 e. The van der Waals surface area contributed by atoms with E-state index < -0.39 is 0 Å². The highest BCUT2D eigenvalue weighted by Crippen LogP contribution is 2.33. The van der Waals surface area contributed by atoms with Gasteiger partial charge in [-0.05, 0) is 49.8 Å². The molecule has 2 N–H and O–H groups in total. The van der Waals surface area contributed by atoms with Crippen molar-refractivity contribution in [2.24, 2.45) is 5.73 Å². The zero-order valence-electron chi connectivity index (χ0n) is 11.9. The SMILES string of the molecule is CCC(CCC(C)N)c1ccc(OC)c(OC)c1. The van der Waals surface area contributed by atoms with Gasteiger partial charge in [0.2, 0.25) is 0 Å². The molecule has 0 spiro atoms. The standard InChI is InChI=1S/C15H25NO2/c1-5-12(7-6-11(2)16)13-8-9-14(17-3)15(10-13)18-4/h8-12H,5-7,16H2,1-4H3. The van der Waals surface area contributed by atoms with Crippen LogP contribution in [0.5, 0.6) is 11.5 Å². The number of methoxy groups -OCH3 is 2. The van der Waals surface area contributed by atoms with Crippen LogP contribution in [0.4, 0.5) is 0 Å². The van der Waals surface area contributed by atoms with Crippen LogP contribution in [0.1, 0.15) is 44.6 Å². The van der Waals surface area contributed by atoms with Crippen LogP contribution in [0.25, 0.3) is 0 Å². The van der Waals surface area contributed by atoms with Crippen molar-refractivity contribution in [3.8, 4) is 11.5 Å². The van der Waals surface area contributed by atoms with E-state index in [1.165, 1.54) is 5.56 Å². The molecule has 0 saturated heterocycles. The molecule has 0 fully saturated rings. The molecular formula is C15H25NO2. The zero-order chi connectivity index (χ0) is 13.5. The summed E-state index contributed by atoms with van der Waals surface area (Å²) in [5.41, 5.74) is 7.13. The Bertz CT molecular complexity index is 364.